The molecule has 0 amide bonds. The zero-order valence-electron chi connectivity index (χ0n) is 12.4. The second kappa shape index (κ2) is 8.33. The first-order chi connectivity index (χ1) is 8.71. The highest BCUT2D eigenvalue weighted by atomic mass is 16.3. The lowest BCUT2D eigenvalue weighted by Crippen LogP contribution is -2.23. The Morgan fingerprint density at radius 2 is 2.06 bits per heavy atom. The van der Waals surface area contributed by atoms with Crippen LogP contribution in [0.2, 0.25) is 0 Å². The molecule has 0 aliphatic rings. The number of unbranched alkanes of at least 4 members (excludes halogenated alkanes) is 1. The first kappa shape index (κ1) is 15.3. The predicted molar refractivity (Wildman–Crippen MR) is 76.7 cm³/mol. The van der Waals surface area contributed by atoms with Crippen molar-refractivity contribution >= 4 is 0 Å². The molecule has 104 valence electrons. The first-order valence-corrected chi connectivity index (χ1v) is 7.22. The second-order valence-electron chi connectivity index (χ2n) is 4.80. The summed E-state index contributed by atoms with van der Waals surface area (Å²) in [6, 6.07) is 2.20. The summed E-state index contributed by atoms with van der Waals surface area (Å²) in [7, 11) is 0. The number of aryl methyl sites for hydroxylation is 1. The van der Waals surface area contributed by atoms with Gasteiger partial charge in [0.1, 0.15) is 11.5 Å². The van der Waals surface area contributed by atoms with Crippen LogP contribution in [0.3, 0.4) is 0 Å². The van der Waals surface area contributed by atoms with Crippen molar-refractivity contribution in [1.82, 2.24) is 10.2 Å². The van der Waals surface area contributed by atoms with Gasteiger partial charge in [-0.1, -0.05) is 27.2 Å². The summed E-state index contributed by atoms with van der Waals surface area (Å²) in [4.78, 5) is 2.44. The topological polar surface area (TPSA) is 28.4 Å². The van der Waals surface area contributed by atoms with E-state index in [1.54, 1.807) is 0 Å². The van der Waals surface area contributed by atoms with Gasteiger partial charge in [0, 0.05) is 12.1 Å². The molecule has 0 fully saturated rings. The van der Waals surface area contributed by atoms with Crippen LogP contribution in [0.25, 0.3) is 0 Å². The van der Waals surface area contributed by atoms with E-state index in [0.717, 1.165) is 44.2 Å². The van der Waals surface area contributed by atoms with Gasteiger partial charge in [0.05, 0.1) is 6.54 Å². The molecule has 0 saturated carbocycles. The Balaban J connectivity index is 2.54. The third kappa shape index (κ3) is 4.83. The minimum Gasteiger partial charge on any atom is -0.465 e. The molecule has 0 aliphatic heterocycles. The van der Waals surface area contributed by atoms with Crippen LogP contribution in [0.4, 0.5) is 0 Å². The van der Waals surface area contributed by atoms with E-state index in [1.165, 1.54) is 18.4 Å². The molecule has 1 heterocycles. The van der Waals surface area contributed by atoms with E-state index < -0.39 is 0 Å². The van der Waals surface area contributed by atoms with Crippen LogP contribution < -0.4 is 5.32 Å². The zero-order chi connectivity index (χ0) is 13.4. The van der Waals surface area contributed by atoms with Crippen molar-refractivity contribution in [3.8, 4) is 0 Å². The fourth-order valence-electron chi connectivity index (χ4n) is 2.05. The molecule has 0 radical (unpaired) electrons. The highest BCUT2D eigenvalue weighted by Gasteiger charge is 2.10. The summed E-state index contributed by atoms with van der Waals surface area (Å²) in [6.45, 7) is 13.7. The van der Waals surface area contributed by atoms with Crippen molar-refractivity contribution in [3.63, 3.8) is 0 Å². The van der Waals surface area contributed by atoms with Gasteiger partial charge in [-0.05, 0) is 39.0 Å². The van der Waals surface area contributed by atoms with Gasteiger partial charge < -0.3 is 9.73 Å². The molecule has 0 spiro atoms. The summed E-state index contributed by atoms with van der Waals surface area (Å²) in [5.74, 6) is 2.15. The number of nitrogens with zero attached hydrogens (tertiary/aromatic N) is 1. The fourth-order valence-corrected chi connectivity index (χ4v) is 2.05. The molecule has 1 N–H and O–H groups in total. The Bertz CT molecular complexity index is 333. The standard InChI is InChI=1S/C15H28N2O/c1-5-8-9-17(7-3)12-15-10-14(11-16-6-2)13(4)18-15/h10,16H,5-9,11-12H2,1-4H3. The molecule has 1 aromatic rings. The SMILES string of the molecule is CCCCN(CC)Cc1cc(CNCC)c(C)o1. The Kier molecular flexibility index (Phi) is 7.06. The highest BCUT2D eigenvalue weighted by molar-refractivity contribution is 5.20. The molecule has 18 heavy (non-hydrogen) atoms. The van der Waals surface area contributed by atoms with Crippen LogP contribution in [0.5, 0.6) is 0 Å². The first-order valence-electron chi connectivity index (χ1n) is 7.22. The van der Waals surface area contributed by atoms with Crippen LogP contribution in [-0.4, -0.2) is 24.5 Å². The number of furan rings is 1. The highest BCUT2D eigenvalue weighted by Crippen LogP contribution is 2.16. The van der Waals surface area contributed by atoms with Crippen LogP contribution in [0.15, 0.2) is 10.5 Å². The average molecular weight is 252 g/mol. The van der Waals surface area contributed by atoms with E-state index in [9.17, 15) is 0 Å². The number of nitrogens with one attached hydrogen (secondary N) is 1. The minimum absolute atomic E-state index is 0.910. The smallest absolute Gasteiger partial charge is 0.118 e. The Morgan fingerprint density at radius 1 is 1.28 bits per heavy atom. The lowest BCUT2D eigenvalue weighted by atomic mass is 10.2. The fraction of sp³-hybridized carbons (Fsp3) is 0.733. The second-order valence-corrected chi connectivity index (χ2v) is 4.80. The lowest BCUT2D eigenvalue weighted by Gasteiger charge is -2.18. The molecule has 0 aliphatic carbocycles. The summed E-state index contributed by atoms with van der Waals surface area (Å²) in [6.07, 6.45) is 2.51. The molecule has 0 atom stereocenters. The molecule has 1 aromatic heterocycles. The van der Waals surface area contributed by atoms with E-state index in [0.29, 0.717) is 0 Å². The van der Waals surface area contributed by atoms with Crippen LogP contribution in [-0.2, 0) is 13.1 Å². The molecule has 3 heteroatoms. The molecule has 3 nitrogen and oxygen atoms in total. The van der Waals surface area contributed by atoms with Crippen molar-refractivity contribution < 1.29 is 4.42 Å². The third-order valence-electron chi connectivity index (χ3n) is 3.29. The summed E-state index contributed by atoms with van der Waals surface area (Å²) < 4.78 is 5.84. The van der Waals surface area contributed by atoms with E-state index in [-0.39, 0.29) is 0 Å². The monoisotopic (exact) mass is 252 g/mol. The zero-order valence-corrected chi connectivity index (χ0v) is 12.4. The van der Waals surface area contributed by atoms with Crippen molar-refractivity contribution in [1.29, 1.82) is 0 Å². The van der Waals surface area contributed by atoms with Gasteiger partial charge in [0.2, 0.25) is 0 Å². The van der Waals surface area contributed by atoms with Crippen molar-refractivity contribution in [2.75, 3.05) is 19.6 Å². The number of hydrogen-bond donors (Lipinski definition) is 1. The maximum absolute atomic E-state index is 5.84. The normalized spacial score (nSPS) is 11.4. The van der Waals surface area contributed by atoms with Crippen molar-refractivity contribution in [3.05, 3.63) is 23.2 Å². The number of rotatable bonds is 9. The van der Waals surface area contributed by atoms with E-state index in [1.807, 2.05) is 0 Å². The van der Waals surface area contributed by atoms with E-state index in [2.05, 4.69) is 44.0 Å². The van der Waals surface area contributed by atoms with Gasteiger partial charge >= 0.3 is 0 Å². The predicted octanol–water partition coefficient (Wildman–Crippen LogP) is 3.32. The van der Waals surface area contributed by atoms with Gasteiger partial charge in [0.25, 0.3) is 0 Å². The van der Waals surface area contributed by atoms with Crippen molar-refractivity contribution in [2.45, 2.75) is 53.6 Å². The van der Waals surface area contributed by atoms with E-state index >= 15 is 0 Å². The Morgan fingerprint density at radius 3 is 2.67 bits per heavy atom. The largest absolute Gasteiger partial charge is 0.465 e. The molecule has 1 rings (SSSR count). The van der Waals surface area contributed by atoms with Gasteiger partial charge in [-0.2, -0.15) is 0 Å². The summed E-state index contributed by atoms with van der Waals surface area (Å²) in [5.41, 5.74) is 1.29. The summed E-state index contributed by atoms with van der Waals surface area (Å²) in [5, 5.41) is 3.35. The quantitative estimate of drug-likeness (QED) is 0.731. The molecule has 0 aromatic carbocycles. The molecule has 0 bridgehead atoms. The Labute approximate surface area is 112 Å². The van der Waals surface area contributed by atoms with Crippen LogP contribution in [0.1, 0.15) is 50.7 Å². The van der Waals surface area contributed by atoms with Gasteiger partial charge in [0.15, 0.2) is 0 Å². The lowest BCUT2D eigenvalue weighted by molar-refractivity contribution is 0.250. The molecular weight excluding hydrogens is 224 g/mol. The summed E-state index contributed by atoms with van der Waals surface area (Å²) >= 11 is 0. The van der Waals surface area contributed by atoms with Crippen LogP contribution in [0, 0.1) is 6.92 Å². The molecule has 0 saturated heterocycles. The number of hydrogen-bond acceptors (Lipinski definition) is 3. The maximum Gasteiger partial charge on any atom is 0.118 e. The minimum atomic E-state index is 0.910. The van der Waals surface area contributed by atoms with Gasteiger partial charge in [-0.3, -0.25) is 4.90 Å². The van der Waals surface area contributed by atoms with Crippen LogP contribution >= 0.6 is 0 Å². The van der Waals surface area contributed by atoms with Gasteiger partial charge in [-0.25, -0.2) is 0 Å². The van der Waals surface area contributed by atoms with E-state index in [4.69, 9.17) is 4.42 Å². The maximum atomic E-state index is 5.84. The third-order valence-corrected chi connectivity index (χ3v) is 3.29. The molecule has 0 unspecified atom stereocenters. The molecular formula is C15H28N2O. The average Bonchev–Trinajstić information content (AvgIpc) is 2.72. The van der Waals surface area contributed by atoms with Crippen molar-refractivity contribution in [2.24, 2.45) is 0 Å². The Hall–Kier alpha value is -0.800. The van der Waals surface area contributed by atoms with Gasteiger partial charge in [-0.15, -0.1) is 0 Å².